The van der Waals surface area contributed by atoms with Crippen molar-refractivity contribution in [3.05, 3.63) is 60.2 Å². The fourth-order valence-corrected chi connectivity index (χ4v) is 2.85. The van der Waals surface area contributed by atoms with E-state index in [0.717, 1.165) is 44.2 Å². The van der Waals surface area contributed by atoms with Crippen molar-refractivity contribution in [2.45, 2.75) is 12.6 Å². The summed E-state index contributed by atoms with van der Waals surface area (Å²) in [7, 11) is 1.69. The van der Waals surface area contributed by atoms with E-state index in [-0.39, 0.29) is 6.10 Å². The lowest BCUT2D eigenvalue weighted by molar-refractivity contribution is -0.0240. The summed E-state index contributed by atoms with van der Waals surface area (Å²) in [6.07, 6.45) is 0.207. The number of hydrogen-bond acceptors (Lipinski definition) is 4. The molecule has 4 nitrogen and oxygen atoms in total. The monoisotopic (exact) mass is 312 g/mol. The molecule has 1 atom stereocenters. The van der Waals surface area contributed by atoms with Crippen LogP contribution in [0.25, 0.3) is 0 Å². The number of nitrogens with zero attached hydrogens (tertiary/aromatic N) is 1. The van der Waals surface area contributed by atoms with Crippen molar-refractivity contribution in [1.82, 2.24) is 4.90 Å². The average molecular weight is 312 g/mol. The summed E-state index contributed by atoms with van der Waals surface area (Å²) in [4.78, 5) is 2.46. The molecule has 2 aromatic carbocycles. The molecule has 4 heteroatoms. The molecule has 0 aliphatic carbocycles. The second kappa shape index (κ2) is 7.99. The summed E-state index contributed by atoms with van der Waals surface area (Å²) in [5.74, 6) is 0.866. The van der Waals surface area contributed by atoms with Crippen LogP contribution in [0.2, 0.25) is 0 Å². The summed E-state index contributed by atoms with van der Waals surface area (Å²) in [5.41, 5.74) is 2.42. The van der Waals surface area contributed by atoms with Gasteiger partial charge in [-0.1, -0.05) is 36.4 Å². The minimum atomic E-state index is 0.207. The van der Waals surface area contributed by atoms with E-state index in [2.05, 4.69) is 40.5 Å². The Morgan fingerprint density at radius 2 is 2.04 bits per heavy atom. The topological polar surface area (TPSA) is 33.7 Å². The summed E-state index contributed by atoms with van der Waals surface area (Å²) in [6.45, 7) is 4.52. The number of benzene rings is 2. The average Bonchev–Trinajstić information content (AvgIpc) is 2.61. The number of ether oxygens (including phenoxy) is 2. The van der Waals surface area contributed by atoms with Crippen LogP contribution in [-0.2, 0) is 11.3 Å². The Labute approximate surface area is 138 Å². The van der Waals surface area contributed by atoms with Gasteiger partial charge in [0.2, 0.25) is 0 Å². The maximum atomic E-state index is 5.89. The molecule has 0 bridgehead atoms. The van der Waals surface area contributed by atoms with E-state index in [9.17, 15) is 0 Å². The SMILES string of the molecule is COc1cccc(NCC2CN(Cc3ccccc3)CCO2)c1. The molecule has 1 saturated heterocycles. The quantitative estimate of drug-likeness (QED) is 0.889. The standard InChI is InChI=1S/C19H24N2O2/c1-22-18-9-5-8-17(12-18)20-13-19-15-21(10-11-23-19)14-16-6-3-2-4-7-16/h2-9,12,19-20H,10-11,13-15H2,1H3. The lowest BCUT2D eigenvalue weighted by Gasteiger charge is -2.33. The third-order valence-corrected chi connectivity index (χ3v) is 4.08. The van der Waals surface area contributed by atoms with Crippen LogP contribution < -0.4 is 10.1 Å². The Bertz CT molecular complexity index is 603. The van der Waals surface area contributed by atoms with Crippen molar-refractivity contribution < 1.29 is 9.47 Å². The minimum Gasteiger partial charge on any atom is -0.497 e. The van der Waals surface area contributed by atoms with Crippen LogP contribution in [0.3, 0.4) is 0 Å². The molecule has 0 spiro atoms. The van der Waals surface area contributed by atoms with Crippen molar-refractivity contribution in [3.8, 4) is 5.75 Å². The Balaban J connectivity index is 1.50. The second-order valence-corrected chi connectivity index (χ2v) is 5.83. The molecule has 23 heavy (non-hydrogen) atoms. The van der Waals surface area contributed by atoms with Crippen molar-refractivity contribution in [2.75, 3.05) is 38.7 Å². The van der Waals surface area contributed by atoms with Gasteiger partial charge in [0.1, 0.15) is 5.75 Å². The molecule has 1 unspecified atom stereocenters. The van der Waals surface area contributed by atoms with Gasteiger partial charge in [-0.05, 0) is 17.7 Å². The first-order valence-corrected chi connectivity index (χ1v) is 8.09. The molecule has 0 amide bonds. The summed E-state index contributed by atoms with van der Waals surface area (Å²) in [6, 6.07) is 18.6. The number of methoxy groups -OCH3 is 1. The molecule has 1 aliphatic heterocycles. The number of anilines is 1. The fourth-order valence-electron chi connectivity index (χ4n) is 2.85. The van der Waals surface area contributed by atoms with Gasteiger partial charge in [-0.2, -0.15) is 0 Å². The van der Waals surface area contributed by atoms with Crippen molar-refractivity contribution >= 4 is 5.69 Å². The summed E-state index contributed by atoms with van der Waals surface area (Å²) >= 11 is 0. The molecule has 0 saturated carbocycles. The van der Waals surface area contributed by atoms with Crippen molar-refractivity contribution in [1.29, 1.82) is 0 Å². The van der Waals surface area contributed by atoms with Gasteiger partial charge in [0.05, 0.1) is 19.8 Å². The fraction of sp³-hybridized carbons (Fsp3) is 0.368. The molecule has 2 aromatic rings. The van der Waals surface area contributed by atoms with E-state index in [4.69, 9.17) is 9.47 Å². The number of nitrogens with one attached hydrogen (secondary N) is 1. The minimum absolute atomic E-state index is 0.207. The molecular formula is C19H24N2O2. The molecule has 1 N–H and O–H groups in total. The highest BCUT2D eigenvalue weighted by molar-refractivity contribution is 5.48. The van der Waals surface area contributed by atoms with Crippen LogP contribution in [0.4, 0.5) is 5.69 Å². The zero-order valence-electron chi connectivity index (χ0n) is 13.6. The Morgan fingerprint density at radius 3 is 2.87 bits per heavy atom. The highest BCUT2D eigenvalue weighted by Crippen LogP contribution is 2.17. The van der Waals surface area contributed by atoms with E-state index in [1.165, 1.54) is 5.56 Å². The van der Waals surface area contributed by atoms with Gasteiger partial charge in [-0.3, -0.25) is 4.90 Å². The second-order valence-electron chi connectivity index (χ2n) is 5.83. The van der Waals surface area contributed by atoms with E-state index in [1.54, 1.807) is 7.11 Å². The van der Waals surface area contributed by atoms with E-state index >= 15 is 0 Å². The summed E-state index contributed by atoms with van der Waals surface area (Å²) < 4.78 is 11.1. The lowest BCUT2D eigenvalue weighted by Crippen LogP contribution is -2.44. The zero-order chi connectivity index (χ0) is 15.9. The highest BCUT2D eigenvalue weighted by atomic mass is 16.5. The number of rotatable bonds is 6. The predicted molar refractivity (Wildman–Crippen MR) is 92.9 cm³/mol. The first-order chi connectivity index (χ1) is 11.3. The van der Waals surface area contributed by atoms with Gasteiger partial charge in [0.15, 0.2) is 0 Å². The Kier molecular flexibility index (Phi) is 5.51. The molecule has 3 rings (SSSR count). The zero-order valence-corrected chi connectivity index (χ0v) is 13.6. The first kappa shape index (κ1) is 15.8. The molecular weight excluding hydrogens is 288 g/mol. The van der Waals surface area contributed by atoms with Crippen LogP contribution in [0.1, 0.15) is 5.56 Å². The van der Waals surface area contributed by atoms with Gasteiger partial charge >= 0.3 is 0 Å². The maximum absolute atomic E-state index is 5.89. The van der Waals surface area contributed by atoms with E-state index in [1.807, 2.05) is 24.3 Å². The van der Waals surface area contributed by atoms with Crippen LogP contribution >= 0.6 is 0 Å². The van der Waals surface area contributed by atoms with Crippen LogP contribution in [0.15, 0.2) is 54.6 Å². The molecule has 0 aromatic heterocycles. The Morgan fingerprint density at radius 1 is 1.17 bits per heavy atom. The molecule has 0 radical (unpaired) electrons. The van der Waals surface area contributed by atoms with Gasteiger partial charge in [-0.15, -0.1) is 0 Å². The number of morpholine rings is 1. The lowest BCUT2D eigenvalue weighted by atomic mass is 10.2. The van der Waals surface area contributed by atoms with Gasteiger partial charge in [0, 0.05) is 37.9 Å². The largest absolute Gasteiger partial charge is 0.497 e. The third-order valence-electron chi connectivity index (χ3n) is 4.08. The Hall–Kier alpha value is -2.04. The van der Waals surface area contributed by atoms with Crippen molar-refractivity contribution in [3.63, 3.8) is 0 Å². The predicted octanol–water partition coefficient (Wildman–Crippen LogP) is 3.01. The molecule has 1 aliphatic rings. The van der Waals surface area contributed by atoms with E-state index in [0.29, 0.717) is 0 Å². The molecule has 1 fully saturated rings. The van der Waals surface area contributed by atoms with Crippen LogP contribution in [0, 0.1) is 0 Å². The van der Waals surface area contributed by atoms with Gasteiger partial charge in [0.25, 0.3) is 0 Å². The number of hydrogen-bond donors (Lipinski definition) is 1. The molecule has 122 valence electrons. The van der Waals surface area contributed by atoms with Gasteiger partial charge < -0.3 is 14.8 Å². The highest BCUT2D eigenvalue weighted by Gasteiger charge is 2.20. The molecule has 1 heterocycles. The van der Waals surface area contributed by atoms with Crippen LogP contribution in [-0.4, -0.2) is 44.4 Å². The normalized spacial score (nSPS) is 18.6. The summed E-state index contributed by atoms with van der Waals surface area (Å²) in [5, 5.41) is 3.44. The third kappa shape index (κ3) is 4.71. The van der Waals surface area contributed by atoms with Crippen molar-refractivity contribution in [2.24, 2.45) is 0 Å². The maximum Gasteiger partial charge on any atom is 0.120 e. The first-order valence-electron chi connectivity index (χ1n) is 8.09. The van der Waals surface area contributed by atoms with Gasteiger partial charge in [-0.25, -0.2) is 0 Å². The van der Waals surface area contributed by atoms with E-state index < -0.39 is 0 Å². The van der Waals surface area contributed by atoms with Crippen LogP contribution in [0.5, 0.6) is 5.75 Å². The smallest absolute Gasteiger partial charge is 0.120 e.